The Morgan fingerprint density at radius 2 is 2.21 bits per heavy atom. The van der Waals surface area contributed by atoms with E-state index in [-0.39, 0.29) is 19.1 Å². The quantitative estimate of drug-likeness (QED) is 0.649. The Morgan fingerprint density at radius 3 is 2.74 bits per heavy atom. The Kier molecular flexibility index (Phi) is 6.04. The van der Waals surface area contributed by atoms with Crippen LogP contribution in [0.15, 0.2) is 0 Å². The minimum Gasteiger partial charge on any atom is -0.480 e. The zero-order chi connectivity index (χ0) is 14.4. The van der Waals surface area contributed by atoms with E-state index < -0.39 is 18.0 Å². The summed E-state index contributed by atoms with van der Waals surface area (Å²) in [5.74, 6) is -0.766. The van der Waals surface area contributed by atoms with Gasteiger partial charge in [-0.05, 0) is 12.3 Å². The maximum atomic E-state index is 12.0. The van der Waals surface area contributed by atoms with E-state index in [0.29, 0.717) is 19.0 Å². The molecule has 0 aliphatic carbocycles. The lowest BCUT2D eigenvalue weighted by Crippen LogP contribution is -2.53. The van der Waals surface area contributed by atoms with Crippen molar-refractivity contribution < 1.29 is 24.5 Å². The van der Waals surface area contributed by atoms with Gasteiger partial charge in [0.25, 0.3) is 0 Å². The number of piperidine rings is 1. The normalized spacial score (nSPS) is 24.9. The van der Waals surface area contributed by atoms with Gasteiger partial charge in [0.05, 0.1) is 6.10 Å². The largest absolute Gasteiger partial charge is 0.480 e. The fourth-order valence-corrected chi connectivity index (χ4v) is 2.15. The van der Waals surface area contributed by atoms with Gasteiger partial charge in [-0.3, -0.25) is 0 Å². The van der Waals surface area contributed by atoms with Gasteiger partial charge in [0.15, 0.2) is 0 Å². The summed E-state index contributed by atoms with van der Waals surface area (Å²) in [4.78, 5) is 24.4. The highest BCUT2D eigenvalue weighted by Crippen LogP contribution is 2.19. The maximum absolute atomic E-state index is 12.0. The Hall–Kier alpha value is -1.34. The summed E-state index contributed by atoms with van der Waals surface area (Å²) in [6.45, 7) is 2.82. The van der Waals surface area contributed by atoms with E-state index in [1.165, 1.54) is 0 Å². The molecule has 1 aliphatic heterocycles. The first-order valence-corrected chi connectivity index (χ1v) is 6.41. The molecule has 0 aromatic rings. The molecule has 0 saturated carbocycles. The minimum atomic E-state index is -1.14. The predicted octanol–water partition coefficient (Wildman–Crippen LogP) is -0.112. The van der Waals surface area contributed by atoms with Crippen molar-refractivity contribution in [1.29, 1.82) is 0 Å². The van der Waals surface area contributed by atoms with Gasteiger partial charge in [-0.15, -0.1) is 0 Å². The van der Waals surface area contributed by atoms with Crippen molar-refractivity contribution in [2.45, 2.75) is 31.9 Å². The van der Waals surface area contributed by atoms with Crippen molar-refractivity contribution in [3.05, 3.63) is 0 Å². The number of carboxylic acid groups (broad SMARTS) is 1. The lowest BCUT2D eigenvalue weighted by atomic mass is 9.96. The van der Waals surface area contributed by atoms with Gasteiger partial charge in [0.1, 0.15) is 6.04 Å². The van der Waals surface area contributed by atoms with Gasteiger partial charge in [-0.1, -0.05) is 6.92 Å². The molecule has 1 aliphatic rings. The summed E-state index contributed by atoms with van der Waals surface area (Å²) in [7, 11) is 1.61. The zero-order valence-electron chi connectivity index (χ0n) is 11.3. The zero-order valence-corrected chi connectivity index (χ0v) is 11.3. The van der Waals surface area contributed by atoms with Crippen molar-refractivity contribution in [2.75, 3.05) is 26.8 Å². The molecule has 0 spiro atoms. The fourth-order valence-electron chi connectivity index (χ4n) is 2.15. The molecule has 1 fully saturated rings. The third-order valence-corrected chi connectivity index (χ3v) is 3.49. The highest BCUT2D eigenvalue weighted by molar-refractivity contribution is 5.82. The first-order chi connectivity index (χ1) is 8.99. The minimum absolute atomic E-state index is 0.000970. The number of carboxylic acids is 1. The lowest BCUT2D eigenvalue weighted by Gasteiger charge is -2.36. The van der Waals surface area contributed by atoms with Crippen LogP contribution in [0.2, 0.25) is 0 Å². The third-order valence-electron chi connectivity index (χ3n) is 3.49. The van der Waals surface area contributed by atoms with E-state index in [2.05, 4.69) is 12.2 Å². The highest BCUT2D eigenvalue weighted by Gasteiger charge is 2.30. The molecule has 3 N–H and O–H groups in total. The molecule has 0 aromatic carbocycles. The van der Waals surface area contributed by atoms with Crippen molar-refractivity contribution in [3.63, 3.8) is 0 Å². The number of aliphatic hydroxyl groups is 1. The van der Waals surface area contributed by atoms with Gasteiger partial charge in [0.2, 0.25) is 0 Å². The molecule has 0 bridgehead atoms. The molecule has 7 nitrogen and oxygen atoms in total. The Labute approximate surface area is 112 Å². The predicted molar refractivity (Wildman–Crippen MR) is 67.8 cm³/mol. The van der Waals surface area contributed by atoms with Gasteiger partial charge in [-0.2, -0.15) is 0 Å². The number of nitrogens with one attached hydrogen (secondary N) is 1. The standard InChI is InChI=1S/C12H22N2O5/c1-8-3-5-14(7-10(8)19-2)12(18)13-9(4-6-15)11(16)17/h8-10,15H,3-7H2,1-2H3,(H,13,18)(H,16,17)/t8?,9-,10?/m1/s1. The molecule has 1 rings (SSSR count). The van der Waals surface area contributed by atoms with Crippen LogP contribution < -0.4 is 5.32 Å². The average Bonchev–Trinajstić information content (AvgIpc) is 2.38. The number of amides is 2. The average molecular weight is 274 g/mol. The Bertz CT molecular complexity index is 323. The number of urea groups is 1. The molecular weight excluding hydrogens is 252 g/mol. The molecule has 1 saturated heterocycles. The van der Waals surface area contributed by atoms with Gasteiger partial charge in [-0.25, -0.2) is 9.59 Å². The number of hydrogen-bond acceptors (Lipinski definition) is 4. The number of aliphatic carboxylic acids is 1. The first-order valence-electron chi connectivity index (χ1n) is 6.41. The summed E-state index contributed by atoms with van der Waals surface area (Å²) in [5, 5.41) is 20.1. The molecular formula is C12H22N2O5. The van der Waals surface area contributed by atoms with Gasteiger partial charge in [0, 0.05) is 33.2 Å². The van der Waals surface area contributed by atoms with Crippen LogP contribution in [0, 0.1) is 5.92 Å². The molecule has 110 valence electrons. The van der Waals surface area contributed by atoms with E-state index in [9.17, 15) is 9.59 Å². The number of nitrogens with zero attached hydrogens (tertiary/aromatic N) is 1. The van der Waals surface area contributed by atoms with Crippen molar-refractivity contribution in [3.8, 4) is 0 Å². The van der Waals surface area contributed by atoms with Gasteiger partial charge < -0.3 is 25.2 Å². The Balaban J connectivity index is 2.55. The third kappa shape index (κ3) is 4.36. The maximum Gasteiger partial charge on any atom is 0.326 e. The first kappa shape index (κ1) is 15.7. The fraction of sp³-hybridized carbons (Fsp3) is 0.833. The van der Waals surface area contributed by atoms with Crippen LogP contribution in [0.1, 0.15) is 19.8 Å². The summed E-state index contributed by atoms with van der Waals surface area (Å²) < 4.78 is 5.31. The van der Waals surface area contributed by atoms with E-state index in [0.717, 1.165) is 6.42 Å². The Morgan fingerprint density at radius 1 is 1.53 bits per heavy atom. The molecule has 0 aromatic heterocycles. The monoisotopic (exact) mass is 274 g/mol. The highest BCUT2D eigenvalue weighted by atomic mass is 16.5. The number of rotatable bonds is 5. The van der Waals surface area contributed by atoms with E-state index in [4.69, 9.17) is 14.9 Å². The molecule has 2 unspecified atom stereocenters. The molecule has 19 heavy (non-hydrogen) atoms. The van der Waals surface area contributed by atoms with Crippen LogP contribution in [0.5, 0.6) is 0 Å². The number of ether oxygens (including phenoxy) is 1. The second kappa shape index (κ2) is 7.30. The SMILES string of the molecule is COC1CN(C(=O)N[C@H](CCO)C(=O)O)CCC1C. The van der Waals surface area contributed by atoms with E-state index in [1.807, 2.05) is 0 Å². The van der Waals surface area contributed by atoms with Crippen LogP contribution in [-0.2, 0) is 9.53 Å². The second-order valence-electron chi connectivity index (χ2n) is 4.84. The molecule has 0 radical (unpaired) electrons. The number of carbonyl (C=O) groups is 2. The molecule has 7 heteroatoms. The number of likely N-dealkylation sites (tertiary alicyclic amines) is 1. The van der Waals surface area contributed by atoms with Crippen LogP contribution in [0.3, 0.4) is 0 Å². The van der Waals surface area contributed by atoms with Crippen molar-refractivity contribution in [1.82, 2.24) is 10.2 Å². The molecule has 1 heterocycles. The molecule has 2 amide bonds. The van der Waals surface area contributed by atoms with Crippen molar-refractivity contribution >= 4 is 12.0 Å². The smallest absolute Gasteiger partial charge is 0.326 e. The van der Waals surface area contributed by atoms with Gasteiger partial charge >= 0.3 is 12.0 Å². The second-order valence-corrected chi connectivity index (χ2v) is 4.84. The summed E-state index contributed by atoms with van der Waals surface area (Å²) >= 11 is 0. The summed E-state index contributed by atoms with van der Waals surface area (Å²) in [6.07, 6.45) is 0.795. The van der Waals surface area contributed by atoms with E-state index in [1.54, 1.807) is 12.0 Å². The number of aliphatic hydroxyl groups excluding tert-OH is 1. The summed E-state index contributed by atoms with van der Waals surface area (Å²) in [5.41, 5.74) is 0. The number of hydrogen-bond donors (Lipinski definition) is 3. The molecule has 3 atom stereocenters. The lowest BCUT2D eigenvalue weighted by molar-refractivity contribution is -0.139. The number of methoxy groups -OCH3 is 1. The van der Waals surface area contributed by atoms with Crippen molar-refractivity contribution in [2.24, 2.45) is 5.92 Å². The topological polar surface area (TPSA) is 99.1 Å². The number of carbonyl (C=O) groups excluding carboxylic acids is 1. The van der Waals surface area contributed by atoms with Crippen LogP contribution in [-0.4, -0.2) is 66.1 Å². The van der Waals surface area contributed by atoms with Crippen LogP contribution >= 0.6 is 0 Å². The van der Waals surface area contributed by atoms with E-state index >= 15 is 0 Å². The van der Waals surface area contributed by atoms with Crippen LogP contribution in [0.25, 0.3) is 0 Å². The van der Waals surface area contributed by atoms with Crippen LogP contribution in [0.4, 0.5) is 4.79 Å². The summed E-state index contributed by atoms with van der Waals surface area (Å²) in [6, 6.07) is -1.48.